The summed E-state index contributed by atoms with van der Waals surface area (Å²) in [5, 5.41) is 0. The highest BCUT2D eigenvalue weighted by molar-refractivity contribution is 5.48. The maximum absolute atomic E-state index is 10.1. The Labute approximate surface area is 82.3 Å². The van der Waals surface area contributed by atoms with Gasteiger partial charge in [0.05, 0.1) is 0 Å². The van der Waals surface area contributed by atoms with Crippen LogP contribution in [-0.2, 0) is 4.79 Å². The van der Waals surface area contributed by atoms with E-state index in [1.165, 1.54) is 0 Å². The normalized spacial score (nSPS) is 11.6. The summed E-state index contributed by atoms with van der Waals surface area (Å²) in [5.74, 6) is 0. The van der Waals surface area contributed by atoms with Crippen LogP contribution in [0.4, 0.5) is 0 Å². The minimum absolute atomic E-state index is 0.608. The molecule has 0 aliphatic rings. The zero-order chi connectivity index (χ0) is 10.3. The van der Waals surface area contributed by atoms with Crippen molar-refractivity contribution in [3.63, 3.8) is 0 Å². The van der Waals surface area contributed by atoms with Crippen LogP contribution < -0.4 is 0 Å². The number of aldehydes is 1. The second kappa shape index (κ2) is 7.07. The fourth-order valence-corrected chi connectivity index (χ4v) is 1.63. The van der Waals surface area contributed by atoms with Gasteiger partial charge in [-0.15, -0.1) is 0 Å². The molecule has 0 aromatic heterocycles. The molecule has 13 heavy (non-hydrogen) atoms. The molecule has 0 unspecified atom stereocenters. The highest BCUT2D eigenvalue weighted by Gasteiger charge is 2.11. The number of hydrogen-bond donors (Lipinski definition) is 0. The van der Waals surface area contributed by atoms with Gasteiger partial charge in [0.15, 0.2) is 0 Å². The maximum atomic E-state index is 10.1. The second-order valence-electron chi connectivity index (χ2n) is 4.09. The van der Waals surface area contributed by atoms with Crippen LogP contribution in [0, 0.1) is 0 Å². The van der Waals surface area contributed by atoms with Crippen molar-refractivity contribution in [2.75, 3.05) is 6.54 Å². The maximum Gasteiger partial charge on any atom is 0.119 e. The molecule has 0 saturated heterocycles. The molecule has 0 rings (SSSR count). The summed E-state index contributed by atoms with van der Waals surface area (Å²) >= 11 is 0. The summed E-state index contributed by atoms with van der Waals surface area (Å²) in [5.41, 5.74) is 0. The highest BCUT2D eigenvalue weighted by atomic mass is 16.1. The Kier molecular flexibility index (Phi) is 6.87. The van der Waals surface area contributed by atoms with Crippen molar-refractivity contribution in [1.29, 1.82) is 0 Å². The number of nitrogens with zero attached hydrogens (tertiary/aromatic N) is 1. The molecule has 0 heterocycles. The molecule has 0 bridgehead atoms. The van der Waals surface area contributed by atoms with Crippen molar-refractivity contribution in [2.24, 2.45) is 0 Å². The fourth-order valence-electron chi connectivity index (χ4n) is 1.63. The number of carbonyl (C=O) groups is 1. The van der Waals surface area contributed by atoms with Gasteiger partial charge in [-0.05, 0) is 47.1 Å². The molecule has 0 fully saturated rings. The molecule has 0 atom stereocenters. The molecule has 0 aliphatic heterocycles. The zero-order valence-corrected chi connectivity index (χ0v) is 9.42. The molecule has 2 nitrogen and oxygen atoms in total. The van der Waals surface area contributed by atoms with Crippen LogP contribution in [-0.4, -0.2) is 29.8 Å². The van der Waals surface area contributed by atoms with Crippen molar-refractivity contribution >= 4 is 6.29 Å². The standard InChI is InChI=1S/C11H23NO/c1-10(2)12(11(3)4)8-6-5-7-9-13/h9-11H,5-8H2,1-4H3. The first-order valence-corrected chi connectivity index (χ1v) is 5.29. The summed E-state index contributed by atoms with van der Waals surface area (Å²) in [7, 11) is 0. The van der Waals surface area contributed by atoms with Crippen LogP contribution in [0.25, 0.3) is 0 Å². The lowest BCUT2D eigenvalue weighted by molar-refractivity contribution is -0.107. The fraction of sp³-hybridized carbons (Fsp3) is 0.909. The van der Waals surface area contributed by atoms with Crippen LogP contribution in [0.3, 0.4) is 0 Å². The Morgan fingerprint density at radius 3 is 2.00 bits per heavy atom. The Hall–Kier alpha value is -0.370. The molecule has 0 aromatic carbocycles. The van der Waals surface area contributed by atoms with E-state index in [9.17, 15) is 4.79 Å². The van der Waals surface area contributed by atoms with Crippen LogP contribution in [0.2, 0.25) is 0 Å². The van der Waals surface area contributed by atoms with Gasteiger partial charge in [-0.1, -0.05) is 0 Å². The van der Waals surface area contributed by atoms with E-state index in [-0.39, 0.29) is 0 Å². The van der Waals surface area contributed by atoms with Gasteiger partial charge in [-0.3, -0.25) is 4.90 Å². The molecule has 0 radical (unpaired) electrons. The molecule has 0 aliphatic carbocycles. The lowest BCUT2D eigenvalue weighted by Crippen LogP contribution is -2.37. The quantitative estimate of drug-likeness (QED) is 0.448. The molecular formula is C11H23NO. The van der Waals surface area contributed by atoms with E-state index in [0.717, 1.165) is 25.7 Å². The van der Waals surface area contributed by atoms with Gasteiger partial charge in [-0.2, -0.15) is 0 Å². The second-order valence-corrected chi connectivity index (χ2v) is 4.09. The smallest absolute Gasteiger partial charge is 0.119 e. The van der Waals surface area contributed by atoms with E-state index in [4.69, 9.17) is 0 Å². The predicted molar refractivity (Wildman–Crippen MR) is 56.9 cm³/mol. The summed E-state index contributed by atoms with van der Waals surface area (Å²) in [6, 6.07) is 1.22. The average Bonchev–Trinajstić information content (AvgIpc) is 2.02. The van der Waals surface area contributed by atoms with Crippen molar-refractivity contribution in [1.82, 2.24) is 4.90 Å². The molecule has 0 amide bonds. The molecule has 0 N–H and O–H groups in total. The monoisotopic (exact) mass is 185 g/mol. The minimum Gasteiger partial charge on any atom is -0.303 e. The van der Waals surface area contributed by atoms with Gasteiger partial charge < -0.3 is 4.79 Å². The largest absolute Gasteiger partial charge is 0.303 e. The lowest BCUT2D eigenvalue weighted by Gasteiger charge is -2.30. The Morgan fingerprint density at radius 1 is 1.08 bits per heavy atom. The van der Waals surface area contributed by atoms with Crippen LogP contribution in [0.1, 0.15) is 47.0 Å². The van der Waals surface area contributed by atoms with Gasteiger partial charge in [0.2, 0.25) is 0 Å². The van der Waals surface area contributed by atoms with Gasteiger partial charge in [0, 0.05) is 18.5 Å². The third-order valence-corrected chi connectivity index (χ3v) is 2.31. The molecule has 0 aromatic rings. The van der Waals surface area contributed by atoms with Crippen LogP contribution in [0.15, 0.2) is 0 Å². The first kappa shape index (κ1) is 12.6. The lowest BCUT2D eigenvalue weighted by atomic mass is 10.2. The number of hydrogen-bond acceptors (Lipinski definition) is 2. The zero-order valence-electron chi connectivity index (χ0n) is 9.42. The van der Waals surface area contributed by atoms with Crippen molar-refractivity contribution in [3.05, 3.63) is 0 Å². The average molecular weight is 185 g/mol. The minimum atomic E-state index is 0.608. The van der Waals surface area contributed by atoms with Gasteiger partial charge in [0.1, 0.15) is 6.29 Å². The third-order valence-electron chi connectivity index (χ3n) is 2.31. The van der Waals surface area contributed by atoms with E-state index >= 15 is 0 Å². The van der Waals surface area contributed by atoms with Gasteiger partial charge >= 0.3 is 0 Å². The predicted octanol–water partition coefficient (Wildman–Crippen LogP) is 2.47. The van der Waals surface area contributed by atoms with E-state index in [1.807, 2.05) is 0 Å². The first-order valence-electron chi connectivity index (χ1n) is 5.29. The molecular weight excluding hydrogens is 162 g/mol. The summed E-state index contributed by atoms with van der Waals surface area (Å²) in [6.07, 6.45) is 3.88. The van der Waals surface area contributed by atoms with Gasteiger partial charge in [0.25, 0.3) is 0 Å². The molecule has 0 spiro atoms. The Morgan fingerprint density at radius 2 is 1.62 bits per heavy atom. The SMILES string of the molecule is CC(C)N(CCCCC=O)C(C)C. The number of carbonyl (C=O) groups excluding carboxylic acids is 1. The Balaban J connectivity index is 3.63. The molecule has 0 saturated carbocycles. The third kappa shape index (κ3) is 5.81. The van der Waals surface area contributed by atoms with Gasteiger partial charge in [-0.25, -0.2) is 0 Å². The van der Waals surface area contributed by atoms with Crippen LogP contribution >= 0.6 is 0 Å². The van der Waals surface area contributed by atoms with E-state index < -0.39 is 0 Å². The first-order chi connectivity index (χ1) is 6.09. The van der Waals surface area contributed by atoms with E-state index in [1.54, 1.807) is 0 Å². The molecule has 2 heteroatoms. The van der Waals surface area contributed by atoms with Crippen LogP contribution in [0.5, 0.6) is 0 Å². The summed E-state index contributed by atoms with van der Waals surface area (Å²) < 4.78 is 0. The van der Waals surface area contributed by atoms with E-state index in [0.29, 0.717) is 18.5 Å². The Bertz CT molecular complexity index is 124. The van der Waals surface area contributed by atoms with Crippen molar-refractivity contribution < 1.29 is 4.79 Å². The van der Waals surface area contributed by atoms with E-state index in [2.05, 4.69) is 32.6 Å². The topological polar surface area (TPSA) is 20.3 Å². The molecule has 78 valence electrons. The van der Waals surface area contributed by atoms with Crippen molar-refractivity contribution in [3.8, 4) is 0 Å². The number of unbranched alkanes of at least 4 members (excludes halogenated alkanes) is 2. The summed E-state index contributed by atoms with van der Waals surface area (Å²) in [6.45, 7) is 10.0. The van der Waals surface area contributed by atoms with Crippen molar-refractivity contribution in [2.45, 2.75) is 59.0 Å². The summed E-state index contributed by atoms with van der Waals surface area (Å²) in [4.78, 5) is 12.6. The number of rotatable bonds is 7. The highest BCUT2D eigenvalue weighted by Crippen LogP contribution is 2.07.